The number of halogens is 2. The summed E-state index contributed by atoms with van der Waals surface area (Å²) in [6, 6.07) is 0. The molecule has 0 saturated heterocycles. The number of nitrogens with zero attached hydrogens (tertiary/aromatic N) is 1. The van der Waals surface area contributed by atoms with Crippen molar-refractivity contribution in [1.82, 2.24) is 0 Å². The van der Waals surface area contributed by atoms with E-state index in [4.69, 9.17) is 4.52 Å². The third-order valence-corrected chi connectivity index (χ3v) is 2.91. The Morgan fingerprint density at radius 2 is 1.90 bits per heavy atom. The molecule has 0 spiro atoms. The van der Waals surface area contributed by atoms with Crippen molar-refractivity contribution in [3.05, 3.63) is 15.0 Å². The second kappa shape index (κ2) is 3.89. The summed E-state index contributed by atoms with van der Waals surface area (Å²) >= 11 is 2.28. The van der Waals surface area contributed by atoms with Crippen LogP contribution in [-0.2, 0) is 7.05 Å². The van der Waals surface area contributed by atoms with Crippen molar-refractivity contribution in [2.24, 2.45) is 7.05 Å². The van der Waals surface area contributed by atoms with Crippen molar-refractivity contribution in [1.29, 1.82) is 0 Å². The molecule has 1 aromatic rings. The average molecular weight is 365 g/mol. The fourth-order valence-electron chi connectivity index (χ4n) is 0.707. The van der Waals surface area contributed by atoms with Crippen LogP contribution in [0.3, 0.4) is 0 Å². The van der Waals surface area contributed by atoms with Crippen LogP contribution in [0.25, 0.3) is 0 Å². The Hall–Kier alpha value is 0.670. The summed E-state index contributed by atoms with van der Waals surface area (Å²) in [6.07, 6.45) is 0. The Balaban J connectivity index is 0.000000810. The lowest BCUT2D eigenvalue weighted by Crippen LogP contribution is -3.00. The van der Waals surface area contributed by atoms with Crippen molar-refractivity contribution in [3.8, 4) is 0 Å². The van der Waals surface area contributed by atoms with Gasteiger partial charge in [0.25, 0.3) is 0 Å². The van der Waals surface area contributed by atoms with Crippen molar-refractivity contribution < 1.29 is 33.2 Å². The van der Waals surface area contributed by atoms with Gasteiger partial charge in [0, 0.05) is 13.8 Å². The first-order chi connectivity index (χ1) is 4.13. The highest BCUT2D eigenvalue weighted by molar-refractivity contribution is 14.1. The molecule has 0 N–H and O–H groups in total. The summed E-state index contributed by atoms with van der Waals surface area (Å²) in [5, 5.41) is 0. The van der Waals surface area contributed by atoms with Crippen LogP contribution in [0.5, 0.6) is 0 Å². The molecule has 0 bridgehead atoms. The SMILES string of the molecule is Cc1o[n+](C)c(C)c1I.[I-]. The molecule has 0 atom stereocenters. The second-order valence-corrected chi connectivity index (χ2v) is 3.12. The van der Waals surface area contributed by atoms with Gasteiger partial charge in [0.15, 0.2) is 12.8 Å². The van der Waals surface area contributed by atoms with Crippen LogP contribution in [-0.4, -0.2) is 0 Å². The molecular formula is C6H9I2NO. The molecule has 0 aliphatic heterocycles. The fraction of sp³-hybridized carbons (Fsp3) is 0.500. The summed E-state index contributed by atoms with van der Waals surface area (Å²) in [5.74, 6) is 0.996. The van der Waals surface area contributed by atoms with Crippen LogP contribution in [0.15, 0.2) is 4.52 Å². The molecule has 2 nitrogen and oxygen atoms in total. The summed E-state index contributed by atoms with van der Waals surface area (Å²) in [6.45, 7) is 4.01. The fourth-order valence-corrected chi connectivity index (χ4v) is 1.15. The average Bonchev–Trinajstić information content (AvgIpc) is 1.98. The smallest absolute Gasteiger partial charge is 0.241 e. The van der Waals surface area contributed by atoms with Crippen LogP contribution in [0, 0.1) is 17.4 Å². The maximum Gasteiger partial charge on any atom is 0.241 e. The lowest BCUT2D eigenvalue weighted by molar-refractivity contribution is -0.850. The summed E-state index contributed by atoms with van der Waals surface area (Å²) in [4.78, 5) is 0. The maximum atomic E-state index is 5.25. The molecule has 0 fully saturated rings. The first kappa shape index (κ1) is 10.7. The molecule has 0 aliphatic carbocycles. The van der Waals surface area contributed by atoms with Crippen LogP contribution >= 0.6 is 22.6 Å². The first-order valence-corrected chi connectivity index (χ1v) is 3.83. The summed E-state index contributed by atoms with van der Waals surface area (Å²) in [7, 11) is 1.91. The first-order valence-electron chi connectivity index (χ1n) is 2.75. The Bertz CT molecular complexity index is 209. The van der Waals surface area contributed by atoms with E-state index in [1.807, 2.05) is 20.9 Å². The van der Waals surface area contributed by atoms with Gasteiger partial charge < -0.3 is 24.0 Å². The van der Waals surface area contributed by atoms with Crippen molar-refractivity contribution in [2.45, 2.75) is 13.8 Å². The topological polar surface area (TPSA) is 17.0 Å². The summed E-state index contributed by atoms with van der Waals surface area (Å²) < 4.78 is 8.25. The van der Waals surface area contributed by atoms with E-state index in [1.165, 1.54) is 9.26 Å². The predicted molar refractivity (Wildman–Crippen MR) is 42.1 cm³/mol. The van der Waals surface area contributed by atoms with Gasteiger partial charge >= 0.3 is 0 Å². The van der Waals surface area contributed by atoms with Crippen LogP contribution in [0.4, 0.5) is 0 Å². The second-order valence-electron chi connectivity index (χ2n) is 2.04. The molecule has 0 saturated carbocycles. The van der Waals surface area contributed by atoms with Crippen LogP contribution in [0.1, 0.15) is 11.5 Å². The molecule has 0 aliphatic rings. The number of aryl methyl sites for hydroxylation is 2. The van der Waals surface area contributed by atoms with Gasteiger partial charge in [-0.1, -0.05) is 0 Å². The zero-order chi connectivity index (χ0) is 7.02. The third-order valence-electron chi connectivity index (χ3n) is 1.37. The molecule has 0 unspecified atom stereocenters. The molecule has 0 aromatic carbocycles. The number of hydrogen-bond donors (Lipinski definition) is 0. The van der Waals surface area contributed by atoms with Gasteiger partial charge in [-0.3, -0.25) is 0 Å². The standard InChI is InChI=1S/C6H9INO.HI/c1-4-6(7)5(2)9-8(4)3;/h1-3H3;1H/q+1;/p-1. The van der Waals surface area contributed by atoms with E-state index in [9.17, 15) is 0 Å². The van der Waals surface area contributed by atoms with Crippen molar-refractivity contribution in [2.75, 3.05) is 0 Å². The van der Waals surface area contributed by atoms with Gasteiger partial charge in [0.05, 0.1) is 0 Å². The third kappa shape index (κ3) is 1.84. The maximum absolute atomic E-state index is 5.25. The lowest BCUT2D eigenvalue weighted by atomic mass is 10.4. The van der Waals surface area contributed by atoms with Gasteiger partial charge in [-0.2, -0.15) is 0 Å². The number of aromatic nitrogens is 1. The predicted octanol–water partition coefficient (Wildman–Crippen LogP) is -1.67. The van der Waals surface area contributed by atoms with Crippen LogP contribution in [0.2, 0.25) is 0 Å². The highest BCUT2D eigenvalue weighted by Crippen LogP contribution is 2.11. The van der Waals surface area contributed by atoms with Gasteiger partial charge in [0.2, 0.25) is 5.69 Å². The van der Waals surface area contributed by atoms with E-state index in [1.54, 1.807) is 4.74 Å². The molecule has 4 heteroatoms. The number of rotatable bonds is 0. The normalized spacial score (nSPS) is 9.20. The molecule has 58 valence electrons. The minimum Gasteiger partial charge on any atom is -1.00 e. The van der Waals surface area contributed by atoms with E-state index in [-0.39, 0.29) is 24.0 Å². The Morgan fingerprint density at radius 3 is 2.00 bits per heavy atom. The Morgan fingerprint density at radius 1 is 1.40 bits per heavy atom. The van der Waals surface area contributed by atoms with Gasteiger partial charge in [-0.05, 0) is 27.3 Å². The van der Waals surface area contributed by atoms with E-state index in [2.05, 4.69) is 22.6 Å². The van der Waals surface area contributed by atoms with E-state index in [0.29, 0.717) is 0 Å². The minimum absolute atomic E-state index is 0. The zero-order valence-electron chi connectivity index (χ0n) is 6.11. The highest BCUT2D eigenvalue weighted by Gasteiger charge is 2.14. The van der Waals surface area contributed by atoms with Gasteiger partial charge in [-0.25, -0.2) is 4.52 Å². The zero-order valence-corrected chi connectivity index (χ0v) is 10.4. The molecule has 1 rings (SSSR count). The van der Waals surface area contributed by atoms with E-state index in [0.717, 1.165) is 5.76 Å². The monoisotopic (exact) mass is 365 g/mol. The highest BCUT2D eigenvalue weighted by atomic mass is 127. The minimum atomic E-state index is 0. The largest absolute Gasteiger partial charge is 1.00 e. The Labute approximate surface area is 91.1 Å². The quantitative estimate of drug-likeness (QED) is 0.397. The van der Waals surface area contributed by atoms with E-state index >= 15 is 0 Å². The summed E-state index contributed by atoms with van der Waals surface area (Å²) in [5.41, 5.74) is 1.19. The van der Waals surface area contributed by atoms with Crippen LogP contribution < -0.4 is 28.7 Å². The van der Waals surface area contributed by atoms with E-state index < -0.39 is 0 Å². The molecule has 1 aromatic heterocycles. The van der Waals surface area contributed by atoms with Crippen molar-refractivity contribution >= 4 is 22.6 Å². The molecule has 1 heterocycles. The van der Waals surface area contributed by atoms with Gasteiger partial charge in [0.1, 0.15) is 3.57 Å². The molecule has 0 amide bonds. The number of hydrogen-bond acceptors (Lipinski definition) is 1. The molecule has 0 radical (unpaired) electrons. The lowest BCUT2D eigenvalue weighted by Gasteiger charge is -1.74. The Kier molecular flexibility index (Phi) is 4.15. The van der Waals surface area contributed by atoms with Crippen molar-refractivity contribution in [3.63, 3.8) is 0 Å². The molecule has 10 heavy (non-hydrogen) atoms. The molecular weight excluding hydrogens is 356 g/mol. The van der Waals surface area contributed by atoms with Gasteiger partial charge in [-0.15, -0.1) is 0 Å².